The molecule has 0 unspecified atom stereocenters. The van der Waals surface area contributed by atoms with Crippen LogP contribution in [0.25, 0.3) is 21.9 Å². The number of halogens is 2. The second-order valence-corrected chi connectivity index (χ2v) is 8.72. The van der Waals surface area contributed by atoms with Gasteiger partial charge in [-0.25, -0.2) is 9.37 Å². The highest BCUT2D eigenvalue weighted by Crippen LogP contribution is 2.26. The third kappa shape index (κ3) is 4.00. The molecule has 1 fully saturated rings. The maximum atomic E-state index is 14.2. The number of hydrogen-bond acceptors (Lipinski definition) is 5. The first-order valence-corrected chi connectivity index (χ1v) is 11.1. The van der Waals surface area contributed by atoms with Gasteiger partial charge in [-0.1, -0.05) is 17.7 Å². The van der Waals surface area contributed by atoms with Gasteiger partial charge in [0.15, 0.2) is 0 Å². The molecule has 34 heavy (non-hydrogen) atoms. The summed E-state index contributed by atoms with van der Waals surface area (Å²) in [6.07, 6.45) is -0.462. The summed E-state index contributed by atoms with van der Waals surface area (Å²) in [7, 11) is 0. The number of aliphatic hydroxyl groups is 2. The fourth-order valence-corrected chi connectivity index (χ4v) is 4.62. The Morgan fingerprint density at radius 2 is 2.06 bits per heavy atom. The number of likely N-dealkylation sites (tertiary alicyclic amines) is 1. The Morgan fingerprint density at radius 1 is 1.24 bits per heavy atom. The second kappa shape index (κ2) is 8.71. The number of aromatic nitrogens is 3. The van der Waals surface area contributed by atoms with Crippen molar-refractivity contribution < 1.29 is 24.2 Å². The minimum absolute atomic E-state index is 0.0901. The number of carbonyl (C=O) groups excluding carboxylic acids is 2. The zero-order valence-corrected chi connectivity index (χ0v) is 18.6. The van der Waals surface area contributed by atoms with Crippen molar-refractivity contribution in [1.29, 1.82) is 0 Å². The van der Waals surface area contributed by atoms with Crippen LogP contribution in [0.3, 0.4) is 0 Å². The van der Waals surface area contributed by atoms with Crippen molar-refractivity contribution in [3.8, 4) is 0 Å². The lowest BCUT2D eigenvalue weighted by Gasteiger charge is -2.24. The molecule has 1 saturated heterocycles. The third-order valence-electron chi connectivity index (χ3n) is 5.99. The molecule has 4 aromatic rings. The van der Waals surface area contributed by atoms with Crippen molar-refractivity contribution in [1.82, 2.24) is 25.2 Å². The number of rotatable bonds is 5. The fourth-order valence-electron chi connectivity index (χ4n) is 4.41. The van der Waals surface area contributed by atoms with Crippen molar-refractivity contribution in [2.24, 2.45) is 0 Å². The molecule has 2 amide bonds. The van der Waals surface area contributed by atoms with Crippen LogP contribution in [0.1, 0.15) is 33.1 Å². The molecule has 9 nitrogen and oxygen atoms in total. The van der Waals surface area contributed by atoms with E-state index in [0.717, 1.165) is 0 Å². The molecule has 5 N–H and O–H groups in total. The molecule has 3 heterocycles. The largest absolute Gasteiger partial charge is 0.391 e. The molecule has 176 valence electrons. The molecule has 0 bridgehead atoms. The molecule has 2 aromatic carbocycles. The molecule has 1 aliphatic rings. The van der Waals surface area contributed by atoms with Crippen LogP contribution < -0.4 is 5.32 Å². The number of nitrogens with zero attached hydrogens (tertiary/aromatic N) is 2. The minimum atomic E-state index is -0.747. The third-order valence-corrected chi connectivity index (χ3v) is 6.21. The van der Waals surface area contributed by atoms with Gasteiger partial charge in [0, 0.05) is 23.5 Å². The quantitative estimate of drug-likeness (QED) is 0.296. The Bertz CT molecular complexity index is 1420. The Balaban J connectivity index is 1.34. The predicted molar refractivity (Wildman–Crippen MR) is 123 cm³/mol. The number of nitrogens with one attached hydrogen (secondary N) is 3. The van der Waals surface area contributed by atoms with Gasteiger partial charge in [-0.05, 0) is 36.8 Å². The van der Waals surface area contributed by atoms with Gasteiger partial charge in [-0.3, -0.25) is 9.59 Å². The summed E-state index contributed by atoms with van der Waals surface area (Å²) in [6.45, 7) is -0.0842. The zero-order valence-electron chi connectivity index (χ0n) is 17.8. The molecule has 0 radical (unpaired) electrons. The number of amides is 2. The Labute approximate surface area is 197 Å². The first-order valence-electron chi connectivity index (χ1n) is 10.7. The van der Waals surface area contributed by atoms with Crippen LogP contribution in [-0.4, -0.2) is 67.1 Å². The summed E-state index contributed by atoms with van der Waals surface area (Å²) in [4.78, 5) is 37.6. The van der Waals surface area contributed by atoms with Crippen molar-refractivity contribution in [2.75, 3.05) is 13.1 Å². The standard InChI is InChI=1S/C23H21ClFN5O4/c24-11-4-16(25)15-7-19(27-18(15)5-11)23(34)30-9-13(32)6-12(30)8-26-22(33)14-2-1-3-17-21(14)29-20(10-31)28-17/h1-5,7,12-13,27,31-32H,6,8-10H2,(H,26,33)(H,28,29)/t12-,13-/m1/s1. The number of fused-ring (bicyclic) bond motifs is 2. The van der Waals surface area contributed by atoms with E-state index in [9.17, 15) is 24.2 Å². The predicted octanol–water partition coefficient (Wildman–Crippen LogP) is 2.33. The minimum Gasteiger partial charge on any atom is -0.391 e. The molecule has 0 spiro atoms. The summed E-state index contributed by atoms with van der Waals surface area (Å²) in [5, 5.41) is 22.8. The number of imidazole rings is 1. The van der Waals surface area contributed by atoms with Gasteiger partial charge in [0.2, 0.25) is 0 Å². The highest BCUT2D eigenvalue weighted by molar-refractivity contribution is 6.31. The van der Waals surface area contributed by atoms with E-state index in [1.807, 2.05) is 0 Å². The smallest absolute Gasteiger partial charge is 0.270 e. The molecular formula is C23H21ClFN5O4. The van der Waals surface area contributed by atoms with Crippen LogP contribution in [0.2, 0.25) is 5.02 Å². The van der Waals surface area contributed by atoms with Crippen LogP contribution in [0.4, 0.5) is 4.39 Å². The maximum absolute atomic E-state index is 14.2. The first kappa shape index (κ1) is 22.3. The number of β-amino-alcohol motifs (C(OH)–C–C–N with tert-alkyl or cyclic N) is 1. The van der Waals surface area contributed by atoms with Gasteiger partial charge in [-0.15, -0.1) is 0 Å². The van der Waals surface area contributed by atoms with Crippen molar-refractivity contribution in [3.05, 3.63) is 64.3 Å². The Morgan fingerprint density at radius 3 is 2.85 bits per heavy atom. The van der Waals surface area contributed by atoms with Gasteiger partial charge >= 0.3 is 0 Å². The summed E-state index contributed by atoms with van der Waals surface area (Å²) < 4.78 is 14.2. The van der Waals surface area contributed by atoms with Crippen molar-refractivity contribution in [3.63, 3.8) is 0 Å². The average Bonchev–Trinajstić information content (AvgIpc) is 3.52. The van der Waals surface area contributed by atoms with Crippen molar-refractivity contribution >= 4 is 45.4 Å². The lowest BCUT2D eigenvalue weighted by atomic mass is 10.1. The lowest BCUT2D eigenvalue weighted by Crippen LogP contribution is -2.43. The SMILES string of the molecule is O=C(NC[C@H]1C[C@@H](O)CN1C(=O)c1cc2c(F)cc(Cl)cc2[nH]1)c1cccc2[nH]c(CO)nc12. The fraction of sp³-hybridized carbons (Fsp3) is 0.261. The molecule has 5 rings (SSSR count). The summed E-state index contributed by atoms with van der Waals surface area (Å²) in [5.74, 6) is -0.996. The molecule has 0 aliphatic carbocycles. The summed E-state index contributed by atoms with van der Waals surface area (Å²) in [6, 6.07) is 8.74. The first-order chi connectivity index (χ1) is 16.3. The number of hydrogen-bond donors (Lipinski definition) is 5. The molecule has 11 heteroatoms. The van der Waals surface area contributed by atoms with E-state index in [-0.39, 0.29) is 42.2 Å². The lowest BCUT2D eigenvalue weighted by molar-refractivity contribution is 0.0703. The van der Waals surface area contributed by atoms with Crippen LogP contribution >= 0.6 is 11.6 Å². The highest BCUT2D eigenvalue weighted by Gasteiger charge is 2.35. The highest BCUT2D eigenvalue weighted by atomic mass is 35.5. The van der Waals surface area contributed by atoms with Gasteiger partial charge in [0.25, 0.3) is 11.8 Å². The van der Waals surface area contributed by atoms with Gasteiger partial charge in [0.05, 0.1) is 28.7 Å². The zero-order chi connectivity index (χ0) is 24.0. The molecule has 0 saturated carbocycles. The van der Waals surface area contributed by atoms with E-state index >= 15 is 0 Å². The van der Waals surface area contributed by atoms with Crippen LogP contribution in [-0.2, 0) is 6.61 Å². The van der Waals surface area contributed by atoms with Crippen LogP contribution in [0, 0.1) is 5.82 Å². The number of aliphatic hydroxyl groups excluding tert-OH is 2. The van der Waals surface area contributed by atoms with E-state index in [1.165, 1.54) is 23.1 Å². The average molecular weight is 486 g/mol. The molecular weight excluding hydrogens is 465 g/mol. The Hall–Kier alpha value is -3.47. The number of para-hydroxylation sites is 1. The number of aromatic amines is 2. The molecule has 2 aromatic heterocycles. The van der Waals surface area contributed by atoms with E-state index in [0.29, 0.717) is 27.9 Å². The second-order valence-electron chi connectivity index (χ2n) is 8.29. The van der Waals surface area contributed by atoms with Gasteiger partial charge in [0.1, 0.15) is 29.5 Å². The summed E-state index contributed by atoms with van der Waals surface area (Å²) >= 11 is 5.90. The van der Waals surface area contributed by atoms with Crippen molar-refractivity contribution in [2.45, 2.75) is 25.2 Å². The topological polar surface area (TPSA) is 134 Å². The normalized spacial score (nSPS) is 18.2. The van der Waals surface area contributed by atoms with E-state index in [2.05, 4.69) is 20.3 Å². The number of H-pyrrole nitrogens is 2. The Kier molecular flexibility index (Phi) is 5.72. The number of benzene rings is 2. The van der Waals surface area contributed by atoms with Gasteiger partial charge in [-0.2, -0.15) is 0 Å². The van der Waals surface area contributed by atoms with E-state index in [1.54, 1.807) is 18.2 Å². The van der Waals surface area contributed by atoms with Crippen LogP contribution in [0.5, 0.6) is 0 Å². The summed E-state index contributed by atoms with van der Waals surface area (Å²) in [5.41, 5.74) is 1.94. The maximum Gasteiger partial charge on any atom is 0.270 e. The number of carbonyl (C=O) groups is 2. The van der Waals surface area contributed by atoms with Gasteiger partial charge < -0.3 is 30.4 Å². The van der Waals surface area contributed by atoms with Crippen LogP contribution in [0.15, 0.2) is 36.4 Å². The molecule has 1 aliphatic heterocycles. The van der Waals surface area contributed by atoms with E-state index in [4.69, 9.17) is 11.6 Å². The molecule has 2 atom stereocenters. The van der Waals surface area contributed by atoms with E-state index < -0.39 is 29.8 Å². The monoisotopic (exact) mass is 485 g/mol.